The van der Waals surface area contributed by atoms with E-state index in [9.17, 15) is 10.0 Å². The molecule has 0 amide bonds. The Morgan fingerprint density at radius 3 is 3.00 bits per heavy atom. The van der Waals surface area contributed by atoms with Crippen LogP contribution in [0.25, 0.3) is 0 Å². The number of ether oxygens (including phenoxy) is 1. The van der Waals surface area contributed by atoms with E-state index >= 15 is 0 Å². The molecule has 0 aliphatic heterocycles. The lowest BCUT2D eigenvalue weighted by Gasteiger charge is -2.03. The van der Waals surface area contributed by atoms with Gasteiger partial charge in [0.15, 0.2) is 6.54 Å². The van der Waals surface area contributed by atoms with E-state index in [1.807, 2.05) is 24.3 Å². The molecule has 80 valence electrons. The number of halogens is 1. The van der Waals surface area contributed by atoms with Gasteiger partial charge in [0.25, 0.3) is 6.21 Å². The van der Waals surface area contributed by atoms with Gasteiger partial charge in [-0.05, 0) is 34.7 Å². The first-order chi connectivity index (χ1) is 7.11. The fourth-order valence-electron chi connectivity index (χ4n) is 1.03. The molecule has 15 heavy (non-hydrogen) atoms. The predicted octanol–water partition coefficient (Wildman–Crippen LogP) is 1.55. The molecule has 5 heteroatoms. The first-order valence-corrected chi connectivity index (χ1v) is 5.30. The van der Waals surface area contributed by atoms with Crippen molar-refractivity contribution in [2.24, 2.45) is 0 Å². The predicted molar refractivity (Wildman–Crippen MR) is 64.6 cm³/mol. The minimum absolute atomic E-state index is 0.145. The van der Waals surface area contributed by atoms with Crippen molar-refractivity contribution < 1.29 is 14.3 Å². The van der Waals surface area contributed by atoms with Crippen molar-refractivity contribution in [3.05, 3.63) is 38.6 Å². The van der Waals surface area contributed by atoms with Gasteiger partial charge in [0, 0.05) is 9.13 Å². The molecular formula is C10H10INO3. The highest BCUT2D eigenvalue weighted by Crippen LogP contribution is 2.08. The third kappa shape index (κ3) is 4.28. The highest BCUT2D eigenvalue weighted by molar-refractivity contribution is 14.1. The van der Waals surface area contributed by atoms with E-state index in [1.54, 1.807) is 0 Å². The Morgan fingerprint density at radius 1 is 1.67 bits per heavy atom. The Bertz CT molecular complexity index is 390. The van der Waals surface area contributed by atoms with Crippen LogP contribution in [0.15, 0.2) is 24.3 Å². The Labute approximate surface area is 101 Å². The quantitative estimate of drug-likeness (QED) is 0.212. The highest BCUT2D eigenvalue weighted by Gasteiger charge is 2.03. The fraction of sp³-hybridized carbons (Fsp3) is 0.200. The van der Waals surface area contributed by atoms with Crippen LogP contribution in [-0.2, 0) is 16.1 Å². The second-order valence-electron chi connectivity index (χ2n) is 2.86. The molecule has 0 aliphatic rings. The number of carbonyl (C=O) groups excluding carboxylic acids is 1. The van der Waals surface area contributed by atoms with Crippen LogP contribution in [-0.4, -0.2) is 24.0 Å². The summed E-state index contributed by atoms with van der Waals surface area (Å²) >= 11 is 2.16. The summed E-state index contributed by atoms with van der Waals surface area (Å²) in [6, 6.07) is 7.51. The number of hydrogen-bond donors (Lipinski definition) is 0. The summed E-state index contributed by atoms with van der Waals surface area (Å²) in [6.07, 6.45) is 0.889. The van der Waals surface area contributed by atoms with Crippen LogP contribution in [0.4, 0.5) is 0 Å². The van der Waals surface area contributed by atoms with E-state index in [0.29, 0.717) is 4.74 Å². The summed E-state index contributed by atoms with van der Waals surface area (Å²) in [5.41, 5.74) is 0.858. The molecule has 0 bridgehead atoms. The number of benzene rings is 1. The number of hydroxylamine groups is 1. The maximum atomic E-state index is 11.3. The molecule has 0 saturated carbocycles. The number of esters is 1. The molecule has 1 aromatic rings. The lowest BCUT2D eigenvalue weighted by molar-refractivity contribution is -0.469. The molecule has 1 aromatic carbocycles. The molecule has 0 spiro atoms. The standard InChI is InChI=1S/C10H10INO3/c1-15-10(13)7-12(14)6-8-3-2-4-9(11)5-8/h2-5,7H,6H2,1H3/b12-7-. The summed E-state index contributed by atoms with van der Waals surface area (Å²) in [7, 11) is 1.23. The molecule has 0 fully saturated rings. The van der Waals surface area contributed by atoms with Crippen LogP contribution in [0.2, 0.25) is 0 Å². The molecule has 0 heterocycles. The molecule has 4 nitrogen and oxygen atoms in total. The number of methoxy groups -OCH3 is 1. The number of nitrogens with zero attached hydrogens (tertiary/aromatic N) is 1. The van der Waals surface area contributed by atoms with E-state index in [-0.39, 0.29) is 6.54 Å². The van der Waals surface area contributed by atoms with E-state index in [4.69, 9.17) is 0 Å². The maximum absolute atomic E-state index is 11.3. The molecule has 0 aromatic heterocycles. The molecule has 0 atom stereocenters. The molecule has 0 aliphatic carbocycles. The van der Waals surface area contributed by atoms with Crippen molar-refractivity contribution in [3.63, 3.8) is 0 Å². The lowest BCUT2D eigenvalue weighted by atomic mass is 10.2. The maximum Gasteiger partial charge on any atom is 0.396 e. The summed E-state index contributed by atoms with van der Waals surface area (Å²) in [5.74, 6) is -0.643. The summed E-state index contributed by atoms with van der Waals surface area (Å²) in [4.78, 5) is 10.8. The van der Waals surface area contributed by atoms with Crippen molar-refractivity contribution in [2.45, 2.75) is 6.54 Å². The molecule has 0 radical (unpaired) electrons. The van der Waals surface area contributed by atoms with Crippen LogP contribution >= 0.6 is 22.6 Å². The molecule has 0 N–H and O–H groups in total. The SMILES string of the molecule is COC(=O)/C=[N+](\[O-])Cc1cccc(I)c1. The van der Waals surface area contributed by atoms with Crippen LogP contribution in [0, 0.1) is 8.78 Å². The largest absolute Gasteiger partial charge is 0.623 e. The van der Waals surface area contributed by atoms with Gasteiger partial charge in [-0.2, -0.15) is 0 Å². The van der Waals surface area contributed by atoms with Crippen LogP contribution in [0.1, 0.15) is 5.56 Å². The molecule has 0 unspecified atom stereocenters. The van der Waals surface area contributed by atoms with Crippen molar-refractivity contribution in [1.82, 2.24) is 0 Å². The normalized spacial score (nSPS) is 11.2. The summed E-state index contributed by atoms with van der Waals surface area (Å²) in [6.45, 7) is 0.145. The van der Waals surface area contributed by atoms with Gasteiger partial charge >= 0.3 is 5.97 Å². The van der Waals surface area contributed by atoms with E-state index in [1.165, 1.54) is 7.11 Å². The topological polar surface area (TPSA) is 52.4 Å². The summed E-state index contributed by atoms with van der Waals surface area (Å²) in [5, 5.41) is 11.3. The van der Waals surface area contributed by atoms with Gasteiger partial charge in [0.05, 0.1) is 7.11 Å². The van der Waals surface area contributed by atoms with Gasteiger partial charge in [-0.25, -0.2) is 9.53 Å². The fourth-order valence-corrected chi connectivity index (χ4v) is 1.64. The molecule has 0 saturated heterocycles. The third-order valence-electron chi connectivity index (χ3n) is 1.68. The van der Waals surface area contributed by atoms with Gasteiger partial charge in [0.2, 0.25) is 0 Å². The number of rotatable bonds is 3. The van der Waals surface area contributed by atoms with Gasteiger partial charge < -0.3 is 9.94 Å². The first-order valence-electron chi connectivity index (χ1n) is 4.23. The van der Waals surface area contributed by atoms with Crippen molar-refractivity contribution in [1.29, 1.82) is 0 Å². The second kappa shape index (κ2) is 5.69. The third-order valence-corrected chi connectivity index (χ3v) is 2.35. The first kappa shape index (κ1) is 12.0. The lowest BCUT2D eigenvalue weighted by Crippen LogP contribution is -2.13. The average molecular weight is 319 g/mol. The van der Waals surface area contributed by atoms with Crippen LogP contribution < -0.4 is 0 Å². The zero-order chi connectivity index (χ0) is 11.3. The van der Waals surface area contributed by atoms with Crippen molar-refractivity contribution >= 4 is 34.8 Å². The smallest absolute Gasteiger partial charge is 0.396 e. The number of carbonyl (C=O) groups is 1. The second-order valence-corrected chi connectivity index (χ2v) is 4.10. The number of hydrogen-bond acceptors (Lipinski definition) is 3. The van der Waals surface area contributed by atoms with Crippen molar-refractivity contribution in [3.8, 4) is 0 Å². The zero-order valence-electron chi connectivity index (χ0n) is 8.14. The zero-order valence-corrected chi connectivity index (χ0v) is 10.3. The van der Waals surface area contributed by atoms with Gasteiger partial charge in [-0.1, -0.05) is 12.1 Å². The Kier molecular flexibility index (Phi) is 4.54. The summed E-state index contributed by atoms with van der Waals surface area (Å²) < 4.78 is 5.95. The van der Waals surface area contributed by atoms with Crippen molar-refractivity contribution in [2.75, 3.05) is 7.11 Å². The minimum Gasteiger partial charge on any atom is -0.623 e. The molecular weight excluding hydrogens is 309 g/mol. The Hall–Kier alpha value is -1.11. The van der Waals surface area contributed by atoms with E-state index in [2.05, 4.69) is 27.3 Å². The van der Waals surface area contributed by atoms with Crippen LogP contribution in [0.5, 0.6) is 0 Å². The highest BCUT2D eigenvalue weighted by atomic mass is 127. The van der Waals surface area contributed by atoms with E-state index < -0.39 is 5.97 Å². The van der Waals surface area contributed by atoms with E-state index in [0.717, 1.165) is 15.3 Å². The van der Waals surface area contributed by atoms with Crippen LogP contribution in [0.3, 0.4) is 0 Å². The van der Waals surface area contributed by atoms with Gasteiger partial charge in [-0.3, -0.25) is 0 Å². The van der Waals surface area contributed by atoms with Gasteiger partial charge in [0.1, 0.15) is 0 Å². The van der Waals surface area contributed by atoms with Gasteiger partial charge in [-0.15, -0.1) is 0 Å². The monoisotopic (exact) mass is 319 g/mol. The average Bonchev–Trinajstić information content (AvgIpc) is 2.17. The Morgan fingerprint density at radius 2 is 2.40 bits per heavy atom. The molecule has 1 rings (SSSR count). The minimum atomic E-state index is -0.643. The Balaban J connectivity index is 2.70.